The van der Waals surface area contributed by atoms with Gasteiger partial charge in [-0.2, -0.15) is 8.78 Å². The monoisotopic (exact) mass is 405 g/mol. The van der Waals surface area contributed by atoms with Crippen LogP contribution < -0.4 is 5.32 Å². The normalized spacial score (nSPS) is 15.7. The number of hydrogen-bond acceptors (Lipinski definition) is 4. The Morgan fingerprint density at radius 1 is 1.00 bits per heavy atom. The van der Waals surface area contributed by atoms with Crippen molar-refractivity contribution in [3.8, 4) is 0 Å². The number of halogens is 2. The van der Waals surface area contributed by atoms with Crippen LogP contribution in [0, 0.1) is 0 Å². The summed E-state index contributed by atoms with van der Waals surface area (Å²) in [7, 11) is 0. The summed E-state index contributed by atoms with van der Waals surface area (Å²) >= 11 is 0.468. The van der Waals surface area contributed by atoms with Crippen molar-refractivity contribution in [1.82, 2.24) is 9.80 Å². The number of piperazine rings is 1. The van der Waals surface area contributed by atoms with E-state index in [1.165, 1.54) is 17.7 Å². The number of nitrogens with zero attached hydrogens (tertiary/aromatic N) is 2. The third kappa shape index (κ3) is 6.02. The number of carbonyl (C=O) groups excluding carboxylic acids is 1. The van der Waals surface area contributed by atoms with Crippen LogP contribution in [-0.2, 0) is 6.54 Å². The first kappa shape index (κ1) is 20.8. The number of rotatable bonds is 7. The van der Waals surface area contributed by atoms with Gasteiger partial charge in [0, 0.05) is 48.9 Å². The Kier molecular flexibility index (Phi) is 7.42. The standard InChI is InChI=1S/C21H25F2N3OS/c1-2-25-11-13-26(14-12-25)15-16-3-7-18(8-4-16)24-20(27)17-5-9-19(10-6-17)28-21(22)23/h3-10,21H,2,11-15H2,1H3,(H,24,27). The molecule has 2 aromatic rings. The Labute approximate surface area is 168 Å². The van der Waals surface area contributed by atoms with Crippen molar-refractivity contribution < 1.29 is 13.6 Å². The molecule has 1 N–H and O–H groups in total. The van der Waals surface area contributed by atoms with Gasteiger partial charge in [-0.15, -0.1) is 0 Å². The number of benzene rings is 2. The van der Waals surface area contributed by atoms with Crippen molar-refractivity contribution >= 4 is 23.4 Å². The molecule has 0 saturated carbocycles. The van der Waals surface area contributed by atoms with E-state index >= 15 is 0 Å². The van der Waals surface area contributed by atoms with Gasteiger partial charge in [-0.1, -0.05) is 30.8 Å². The largest absolute Gasteiger partial charge is 0.322 e. The number of amides is 1. The SMILES string of the molecule is CCN1CCN(Cc2ccc(NC(=O)c3ccc(SC(F)F)cc3)cc2)CC1. The smallest absolute Gasteiger partial charge is 0.288 e. The zero-order valence-electron chi connectivity index (χ0n) is 15.9. The summed E-state index contributed by atoms with van der Waals surface area (Å²) in [5.74, 6) is -2.72. The lowest BCUT2D eigenvalue weighted by molar-refractivity contribution is 0.102. The molecule has 1 amide bonds. The van der Waals surface area contributed by atoms with Gasteiger partial charge in [-0.25, -0.2) is 0 Å². The highest BCUT2D eigenvalue weighted by Crippen LogP contribution is 2.25. The van der Waals surface area contributed by atoms with Crippen molar-refractivity contribution in [2.45, 2.75) is 24.1 Å². The third-order valence-electron chi connectivity index (χ3n) is 4.87. The van der Waals surface area contributed by atoms with Crippen molar-refractivity contribution in [3.05, 3.63) is 59.7 Å². The van der Waals surface area contributed by atoms with Gasteiger partial charge in [0.15, 0.2) is 0 Å². The van der Waals surface area contributed by atoms with Crippen LogP contribution >= 0.6 is 11.8 Å². The molecule has 1 fully saturated rings. The van der Waals surface area contributed by atoms with Crippen LogP contribution in [0.4, 0.5) is 14.5 Å². The molecule has 1 aliphatic rings. The summed E-state index contributed by atoms with van der Waals surface area (Å²) in [4.78, 5) is 17.7. The molecule has 0 spiro atoms. The molecule has 0 unspecified atom stereocenters. The minimum absolute atomic E-state index is 0.253. The predicted molar refractivity (Wildman–Crippen MR) is 110 cm³/mol. The number of carbonyl (C=O) groups is 1. The molecule has 150 valence electrons. The van der Waals surface area contributed by atoms with E-state index in [0.717, 1.165) is 45.0 Å². The van der Waals surface area contributed by atoms with E-state index in [9.17, 15) is 13.6 Å². The van der Waals surface area contributed by atoms with E-state index in [-0.39, 0.29) is 5.91 Å². The van der Waals surface area contributed by atoms with Crippen molar-refractivity contribution in [2.75, 3.05) is 38.0 Å². The molecule has 0 atom stereocenters. The molecule has 0 bridgehead atoms. The number of likely N-dealkylation sites (N-methyl/N-ethyl adjacent to an activating group) is 1. The lowest BCUT2D eigenvalue weighted by atomic mass is 10.1. The van der Waals surface area contributed by atoms with Crippen molar-refractivity contribution in [1.29, 1.82) is 0 Å². The molecule has 28 heavy (non-hydrogen) atoms. The molecule has 1 heterocycles. The van der Waals surface area contributed by atoms with Crippen LogP contribution in [0.25, 0.3) is 0 Å². The van der Waals surface area contributed by atoms with Crippen molar-refractivity contribution in [2.24, 2.45) is 0 Å². The summed E-state index contributed by atoms with van der Waals surface area (Å²) in [5, 5.41) is 2.85. The second kappa shape index (κ2) is 10.0. The maximum Gasteiger partial charge on any atom is 0.288 e. The van der Waals surface area contributed by atoms with E-state index in [2.05, 4.69) is 22.0 Å². The van der Waals surface area contributed by atoms with Crippen LogP contribution in [0.15, 0.2) is 53.4 Å². The summed E-state index contributed by atoms with van der Waals surface area (Å²) in [6.45, 7) is 8.58. The summed E-state index contributed by atoms with van der Waals surface area (Å²) in [6, 6.07) is 14.1. The Hall–Kier alpha value is -1.96. The highest BCUT2D eigenvalue weighted by molar-refractivity contribution is 7.99. The van der Waals surface area contributed by atoms with Crippen LogP contribution in [0.3, 0.4) is 0 Å². The topological polar surface area (TPSA) is 35.6 Å². The second-order valence-electron chi connectivity index (χ2n) is 6.76. The van der Waals surface area contributed by atoms with Gasteiger partial charge in [-0.05, 0) is 48.5 Å². The number of nitrogens with one attached hydrogen (secondary N) is 1. The average molecular weight is 406 g/mol. The number of anilines is 1. The molecule has 2 aromatic carbocycles. The zero-order valence-corrected chi connectivity index (χ0v) is 16.7. The molecule has 1 saturated heterocycles. The van der Waals surface area contributed by atoms with Gasteiger partial charge in [0.2, 0.25) is 0 Å². The summed E-state index contributed by atoms with van der Waals surface area (Å²) < 4.78 is 24.7. The second-order valence-corrected chi connectivity index (χ2v) is 7.83. The molecule has 0 aliphatic carbocycles. The van der Waals surface area contributed by atoms with Crippen LogP contribution in [-0.4, -0.2) is 54.2 Å². The Morgan fingerprint density at radius 3 is 2.18 bits per heavy atom. The summed E-state index contributed by atoms with van der Waals surface area (Å²) in [6.07, 6.45) is 0. The highest BCUT2D eigenvalue weighted by atomic mass is 32.2. The predicted octanol–water partition coefficient (Wildman–Crippen LogP) is 4.39. The highest BCUT2D eigenvalue weighted by Gasteiger charge is 2.15. The zero-order chi connectivity index (χ0) is 19.9. The lowest BCUT2D eigenvalue weighted by Crippen LogP contribution is -2.45. The first-order chi connectivity index (χ1) is 13.5. The minimum atomic E-state index is -2.46. The van der Waals surface area contributed by atoms with E-state index in [1.807, 2.05) is 24.3 Å². The fourth-order valence-corrected chi connectivity index (χ4v) is 3.71. The summed E-state index contributed by atoms with van der Waals surface area (Å²) in [5.41, 5.74) is 2.38. The van der Waals surface area contributed by atoms with Gasteiger partial charge in [0.05, 0.1) is 0 Å². The molecule has 0 radical (unpaired) electrons. The number of alkyl halides is 2. The van der Waals surface area contributed by atoms with Gasteiger partial charge in [-0.3, -0.25) is 9.69 Å². The van der Waals surface area contributed by atoms with E-state index in [4.69, 9.17) is 0 Å². The number of thioether (sulfide) groups is 1. The van der Waals surface area contributed by atoms with Crippen LogP contribution in [0.2, 0.25) is 0 Å². The Balaban J connectivity index is 1.51. The van der Waals surface area contributed by atoms with Crippen LogP contribution in [0.1, 0.15) is 22.8 Å². The fourth-order valence-electron chi connectivity index (χ4n) is 3.21. The van der Waals surface area contributed by atoms with Gasteiger partial charge in [0.1, 0.15) is 0 Å². The molecular weight excluding hydrogens is 380 g/mol. The fraction of sp³-hybridized carbons (Fsp3) is 0.381. The molecule has 1 aliphatic heterocycles. The maximum atomic E-state index is 12.4. The molecule has 4 nitrogen and oxygen atoms in total. The molecule has 0 aromatic heterocycles. The van der Waals surface area contributed by atoms with Gasteiger partial charge < -0.3 is 10.2 Å². The van der Waals surface area contributed by atoms with Crippen LogP contribution in [0.5, 0.6) is 0 Å². The first-order valence-electron chi connectivity index (χ1n) is 9.43. The van der Waals surface area contributed by atoms with E-state index in [0.29, 0.717) is 22.2 Å². The third-order valence-corrected chi connectivity index (χ3v) is 5.59. The Morgan fingerprint density at radius 2 is 1.61 bits per heavy atom. The quantitative estimate of drug-likeness (QED) is 0.693. The van der Waals surface area contributed by atoms with Gasteiger partial charge in [0.25, 0.3) is 11.7 Å². The lowest BCUT2D eigenvalue weighted by Gasteiger charge is -2.34. The van der Waals surface area contributed by atoms with Crippen molar-refractivity contribution in [3.63, 3.8) is 0 Å². The van der Waals surface area contributed by atoms with E-state index < -0.39 is 5.76 Å². The Bertz CT molecular complexity index is 760. The number of hydrogen-bond donors (Lipinski definition) is 1. The first-order valence-corrected chi connectivity index (χ1v) is 10.3. The van der Waals surface area contributed by atoms with E-state index in [1.54, 1.807) is 12.1 Å². The molecule has 7 heteroatoms. The molecular formula is C21H25F2N3OS. The molecule has 3 rings (SSSR count). The van der Waals surface area contributed by atoms with Gasteiger partial charge >= 0.3 is 0 Å². The minimum Gasteiger partial charge on any atom is -0.322 e. The average Bonchev–Trinajstić information content (AvgIpc) is 2.70. The maximum absolute atomic E-state index is 12.4.